The van der Waals surface area contributed by atoms with Crippen molar-refractivity contribution in [1.82, 2.24) is 25.3 Å². The lowest BCUT2D eigenvalue weighted by Gasteiger charge is -2.29. The Kier molecular flexibility index (Phi) is 9.68. The monoisotopic (exact) mass is 603 g/mol. The first kappa shape index (κ1) is 30.3. The molecule has 0 saturated carbocycles. The van der Waals surface area contributed by atoms with Gasteiger partial charge in [-0.25, -0.2) is 15.0 Å². The summed E-state index contributed by atoms with van der Waals surface area (Å²) >= 11 is 0. The number of nitrogens with zero attached hydrogens (tertiary/aromatic N) is 3. The third-order valence-corrected chi connectivity index (χ3v) is 8.54. The van der Waals surface area contributed by atoms with Crippen LogP contribution in [0.25, 0.3) is 11.3 Å². The standard InChI is InChI=1S/C36H37N5O4/c1-44-32(43)21-29(33(25-11-4-2-5-12-25)26-13-6-3-7-14-26)31(42)20-27-15-9-8-10-24(27)16-17-28-22-39-30(23-45-28)34-40-35-36(41-34)38-19-18-37-35/h2-15,18-19,28-30,33,39H,16-17,20-23H2,1H3,(H,37,38,40,41)/t28-,29-,30+/m1/s1. The molecule has 5 aromatic rings. The van der Waals surface area contributed by atoms with Gasteiger partial charge in [-0.3, -0.25) is 9.59 Å². The van der Waals surface area contributed by atoms with Crippen molar-refractivity contribution in [2.75, 3.05) is 20.3 Å². The minimum Gasteiger partial charge on any atom is -0.469 e. The molecule has 6 rings (SSSR count). The molecular formula is C36H37N5O4. The highest BCUT2D eigenvalue weighted by molar-refractivity contribution is 5.88. The second-order valence-corrected chi connectivity index (χ2v) is 11.4. The summed E-state index contributed by atoms with van der Waals surface area (Å²) in [4.78, 5) is 43.1. The number of imidazole rings is 1. The van der Waals surface area contributed by atoms with Gasteiger partial charge in [0, 0.05) is 37.2 Å². The van der Waals surface area contributed by atoms with Gasteiger partial charge >= 0.3 is 5.97 Å². The van der Waals surface area contributed by atoms with Crippen LogP contribution in [0.2, 0.25) is 0 Å². The number of benzene rings is 3. The van der Waals surface area contributed by atoms with Crippen LogP contribution >= 0.6 is 0 Å². The van der Waals surface area contributed by atoms with E-state index in [4.69, 9.17) is 9.47 Å². The number of morpholine rings is 1. The van der Waals surface area contributed by atoms with E-state index in [0.717, 1.165) is 40.9 Å². The predicted octanol–water partition coefficient (Wildman–Crippen LogP) is 5.14. The molecule has 0 bridgehead atoms. The molecule has 0 unspecified atom stereocenters. The quantitative estimate of drug-likeness (QED) is 0.188. The number of aromatic amines is 1. The summed E-state index contributed by atoms with van der Waals surface area (Å²) in [6.07, 6.45) is 5.10. The molecule has 0 aliphatic carbocycles. The van der Waals surface area contributed by atoms with Crippen molar-refractivity contribution < 1.29 is 19.1 Å². The Labute approximate surface area is 262 Å². The van der Waals surface area contributed by atoms with E-state index >= 15 is 0 Å². The zero-order valence-electron chi connectivity index (χ0n) is 25.3. The first-order valence-corrected chi connectivity index (χ1v) is 15.4. The Hall–Kier alpha value is -4.73. The Morgan fingerprint density at radius 2 is 1.58 bits per heavy atom. The fourth-order valence-corrected chi connectivity index (χ4v) is 6.18. The Morgan fingerprint density at radius 3 is 2.22 bits per heavy atom. The van der Waals surface area contributed by atoms with Crippen LogP contribution in [0.15, 0.2) is 97.3 Å². The molecule has 2 N–H and O–H groups in total. The number of aryl methyl sites for hydroxylation is 1. The highest BCUT2D eigenvalue weighted by Gasteiger charge is 2.33. The van der Waals surface area contributed by atoms with Crippen LogP contribution < -0.4 is 5.32 Å². The molecule has 1 aliphatic rings. The summed E-state index contributed by atoms with van der Waals surface area (Å²) in [7, 11) is 1.37. The molecular weight excluding hydrogens is 566 g/mol. The number of Topliss-reactive ketones (excluding diaryl/α,β-unsaturated/α-hetero) is 1. The number of ether oxygens (including phenoxy) is 2. The summed E-state index contributed by atoms with van der Waals surface area (Å²) in [5.41, 5.74) is 5.33. The first-order valence-electron chi connectivity index (χ1n) is 15.4. The number of methoxy groups -OCH3 is 1. The fraction of sp³-hybridized carbons (Fsp3) is 0.306. The molecule has 3 aromatic carbocycles. The molecule has 9 nitrogen and oxygen atoms in total. The zero-order chi connectivity index (χ0) is 31.0. The van der Waals surface area contributed by atoms with Crippen molar-refractivity contribution in [3.63, 3.8) is 0 Å². The van der Waals surface area contributed by atoms with Crippen molar-refractivity contribution in [2.24, 2.45) is 5.92 Å². The second-order valence-electron chi connectivity index (χ2n) is 11.4. The van der Waals surface area contributed by atoms with Crippen molar-refractivity contribution >= 4 is 23.0 Å². The van der Waals surface area contributed by atoms with Gasteiger partial charge in [0.05, 0.1) is 32.3 Å². The number of aromatic nitrogens is 4. The number of esters is 1. The van der Waals surface area contributed by atoms with Crippen LogP contribution in [-0.2, 0) is 31.9 Å². The van der Waals surface area contributed by atoms with Crippen molar-refractivity contribution in [2.45, 2.75) is 43.7 Å². The molecule has 3 heterocycles. The third kappa shape index (κ3) is 7.33. The Morgan fingerprint density at radius 1 is 0.911 bits per heavy atom. The van der Waals surface area contributed by atoms with E-state index in [1.54, 1.807) is 12.4 Å². The van der Waals surface area contributed by atoms with Gasteiger partial charge in [0.1, 0.15) is 11.6 Å². The van der Waals surface area contributed by atoms with E-state index < -0.39 is 11.9 Å². The van der Waals surface area contributed by atoms with E-state index in [2.05, 4.69) is 31.3 Å². The van der Waals surface area contributed by atoms with E-state index in [9.17, 15) is 9.59 Å². The molecule has 1 aliphatic heterocycles. The summed E-state index contributed by atoms with van der Waals surface area (Å²) < 4.78 is 11.3. The number of rotatable bonds is 12. The maximum absolute atomic E-state index is 14.2. The summed E-state index contributed by atoms with van der Waals surface area (Å²) in [5, 5.41) is 3.54. The minimum atomic E-state index is -0.582. The lowest BCUT2D eigenvalue weighted by Crippen LogP contribution is -2.41. The van der Waals surface area contributed by atoms with Crippen LogP contribution in [0, 0.1) is 5.92 Å². The van der Waals surface area contributed by atoms with Gasteiger partial charge < -0.3 is 19.8 Å². The van der Waals surface area contributed by atoms with Crippen LogP contribution in [0.5, 0.6) is 0 Å². The minimum absolute atomic E-state index is 0.00601. The Balaban J connectivity index is 1.14. The van der Waals surface area contributed by atoms with Crippen LogP contribution in [-0.4, -0.2) is 58.1 Å². The number of hydrogen-bond acceptors (Lipinski definition) is 8. The van der Waals surface area contributed by atoms with E-state index in [1.807, 2.05) is 78.9 Å². The second kappa shape index (κ2) is 14.4. The SMILES string of the molecule is COC(=O)C[C@H](C(=O)Cc1ccccc1CC[C@@H]1CN[C@H](c2nc3nccnc3[nH]2)CO1)C(c1ccccc1)c1ccccc1. The molecule has 0 radical (unpaired) electrons. The highest BCUT2D eigenvalue weighted by atomic mass is 16.5. The van der Waals surface area contributed by atoms with Gasteiger partial charge in [0.2, 0.25) is 0 Å². The normalized spacial score (nSPS) is 17.3. The average Bonchev–Trinajstić information content (AvgIpc) is 3.53. The number of carbonyl (C=O) groups excluding carboxylic acids is 2. The third-order valence-electron chi connectivity index (χ3n) is 8.54. The zero-order valence-corrected chi connectivity index (χ0v) is 25.3. The summed E-state index contributed by atoms with van der Waals surface area (Å²) in [6, 6.07) is 27.9. The smallest absolute Gasteiger partial charge is 0.306 e. The number of nitrogens with one attached hydrogen (secondary N) is 2. The maximum atomic E-state index is 14.2. The maximum Gasteiger partial charge on any atom is 0.306 e. The topological polar surface area (TPSA) is 119 Å². The van der Waals surface area contributed by atoms with E-state index in [-0.39, 0.29) is 36.7 Å². The number of carbonyl (C=O) groups is 2. The Bertz CT molecular complexity index is 1650. The van der Waals surface area contributed by atoms with Crippen molar-refractivity contribution in [1.29, 1.82) is 0 Å². The van der Waals surface area contributed by atoms with Crippen LogP contribution in [0.1, 0.15) is 52.9 Å². The van der Waals surface area contributed by atoms with Gasteiger partial charge in [-0.2, -0.15) is 0 Å². The lowest BCUT2D eigenvalue weighted by atomic mass is 9.75. The molecule has 45 heavy (non-hydrogen) atoms. The lowest BCUT2D eigenvalue weighted by molar-refractivity contribution is -0.144. The predicted molar refractivity (Wildman–Crippen MR) is 170 cm³/mol. The van der Waals surface area contributed by atoms with E-state index in [0.29, 0.717) is 24.4 Å². The molecule has 3 atom stereocenters. The molecule has 9 heteroatoms. The fourth-order valence-electron chi connectivity index (χ4n) is 6.18. The average molecular weight is 604 g/mol. The van der Waals surface area contributed by atoms with Gasteiger partial charge in [0.15, 0.2) is 11.3 Å². The first-order chi connectivity index (χ1) is 22.1. The van der Waals surface area contributed by atoms with Crippen molar-refractivity contribution in [3.05, 3.63) is 125 Å². The van der Waals surface area contributed by atoms with Crippen molar-refractivity contribution in [3.8, 4) is 0 Å². The van der Waals surface area contributed by atoms with E-state index in [1.165, 1.54) is 7.11 Å². The molecule has 1 saturated heterocycles. The molecule has 1 fully saturated rings. The van der Waals surface area contributed by atoms with Crippen LogP contribution in [0.3, 0.4) is 0 Å². The number of H-pyrrole nitrogens is 1. The highest BCUT2D eigenvalue weighted by Crippen LogP contribution is 2.36. The van der Waals surface area contributed by atoms with Gasteiger partial charge in [-0.15, -0.1) is 0 Å². The summed E-state index contributed by atoms with van der Waals surface area (Å²) in [6.45, 7) is 1.17. The molecule has 2 aromatic heterocycles. The molecule has 0 spiro atoms. The van der Waals surface area contributed by atoms with Gasteiger partial charge in [0.25, 0.3) is 0 Å². The summed E-state index contributed by atoms with van der Waals surface area (Å²) in [5.74, 6) is -0.474. The number of ketones is 1. The number of fused-ring (bicyclic) bond motifs is 1. The van der Waals surface area contributed by atoms with Crippen LogP contribution in [0.4, 0.5) is 0 Å². The molecule has 230 valence electrons. The number of hydrogen-bond donors (Lipinski definition) is 2. The largest absolute Gasteiger partial charge is 0.469 e. The van der Waals surface area contributed by atoms with Gasteiger partial charge in [-0.1, -0.05) is 84.9 Å². The van der Waals surface area contributed by atoms with Gasteiger partial charge in [-0.05, 0) is 35.1 Å². The molecule has 0 amide bonds.